The summed E-state index contributed by atoms with van der Waals surface area (Å²) in [5.41, 5.74) is 1.58. The van der Waals surface area contributed by atoms with Crippen LogP contribution >= 0.6 is 11.6 Å². The molecule has 1 amide bonds. The van der Waals surface area contributed by atoms with Crippen molar-refractivity contribution < 1.29 is 4.79 Å². The highest BCUT2D eigenvalue weighted by atomic mass is 35.5. The zero-order valence-electron chi connectivity index (χ0n) is 7.30. The quantitative estimate of drug-likeness (QED) is 0.723. The molecule has 0 radical (unpaired) electrons. The van der Waals surface area contributed by atoms with Crippen LogP contribution in [-0.4, -0.2) is 5.91 Å². The summed E-state index contributed by atoms with van der Waals surface area (Å²) in [6.45, 7) is 5.24. The summed E-state index contributed by atoms with van der Waals surface area (Å²) in [7, 11) is 0. The Labute approximate surface area is 82.2 Å². The van der Waals surface area contributed by atoms with Crippen LogP contribution < -0.4 is 5.32 Å². The zero-order valence-corrected chi connectivity index (χ0v) is 8.06. The fourth-order valence-corrected chi connectivity index (χ4v) is 1.23. The van der Waals surface area contributed by atoms with Crippen LogP contribution in [0.25, 0.3) is 0 Å². The van der Waals surface area contributed by atoms with Crippen LogP contribution in [0.4, 0.5) is 5.69 Å². The Morgan fingerprint density at radius 2 is 2.31 bits per heavy atom. The molecule has 1 aromatic carbocycles. The molecule has 1 rings (SSSR count). The number of carbonyl (C=O) groups excluding carboxylic acids is 1. The maximum absolute atomic E-state index is 11.0. The second kappa shape index (κ2) is 4.10. The van der Waals surface area contributed by atoms with E-state index < -0.39 is 0 Å². The van der Waals surface area contributed by atoms with Crippen LogP contribution in [-0.2, 0) is 4.79 Å². The van der Waals surface area contributed by atoms with E-state index in [2.05, 4.69) is 11.9 Å². The molecule has 0 unspecified atom stereocenters. The van der Waals surface area contributed by atoms with E-state index in [-0.39, 0.29) is 5.91 Å². The molecule has 0 aliphatic carbocycles. The lowest BCUT2D eigenvalue weighted by molar-refractivity contribution is -0.111. The van der Waals surface area contributed by atoms with Gasteiger partial charge in [-0.25, -0.2) is 0 Å². The van der Waals surface area contributed by atoms with E-state index in [0.29, 0.717) is 10.7 Å². The van der Waals surface area contributed by atoms with Gasteiger partial charge in [0.05, 0.1) is 10.7 Å². The average Bonchev–Trinajstić information content (AvgIpc) is 2.11. The number of carbonyl (C=O) groups is 1. The second-order valence-corrected chi connectivity index (χ2v) is 3.03. The van der Waals surface area contributed by atoms with Gasteiger partial charge in [-0.15, -0.1) is 0 Å². The minimum absolute atomic E-state index is 0.254. The number of benzene rings is 1. The molecule has 0 aliphatic heterocycles. The second-order valence-electron chi connectivity index (χ2n) is 2.63. The first-order chi connectivity index (χ1) is 6.15. The van der Waals surface area contributed by atoms with Crippen LogP contribution in [0.5, 0.6) is 0 Å². The van der Waals surface area contributed by atoms with Crippen LogP contribution in [0.15, 0.2) is 30.9 Å². The van der Waals surface area contributed by atoms with Crippen molar-refractivity contribution in [2.45, 2.75) is 6.92 Å². The van der Waals surface area contributed by atoms with Gasteiger partial charge in [-0.1, -0.05) is 30.3 Å². The Bertz CT molecular complexity index is 327. The standard InChI is InChI=1S/C10H10ClNO/c1-3-9(13)12-10-7(2)5-4-6-8(10)11/h3-6H,1H2,2H3,(H,12,13). The third kappa shape index (κ3) is 2.33. The number of halogens is 1. The third-order valence-corrected chi connectivity index (χ3v) is 1.97. The third-order valence-electron chi connectivity index (χ3n) is 1.66. The Morgan fingerprint density at radius 1 is 1.62 bits per heavy atom. The largest absolute Gasteiger partial charge is 0.321 e. The fourth-order valence-electron chi connectivity index (χ4n) is 0.964. The van der Waals surface area contributed by atoms with Gasteiger partial charge in [0.15, 0.2) is 0 Å². The summed E-state index contributed by atoms with van der Waals surface area (Å²) in [5, 5.41) is 3.18. The molecular weight excluding hydrogens is 186 g/mol. The van der Waals surface area contributed by atoms with Crippen molar-refractivity contribution in [2.24, 2.45) is 0 Å². The molecule has 3 heteroatoms. The maximum atomic E-state index is 11.0. The van der Waals surface area contributed by atoms with Gasteiger partial charge in [-0.3, -0.25) is 4.79 Å². The summed E-state index contributed by atoms with van der Waals surface area (Å²) >= 11 is 5.88. The minimum atomic E-state index is -0.254. The number of anilines is 1. The lowest BCUT2D eigenvalue weighted by atomic mass is 10.2. The van der Waals surface area contributed by atoms with Crippen molar-refractivity contribution in [1.29, 1.82) is 0 Å². The van der Waals surface area contributed by atoms with Crippen LogP contribution in [0, 0.1) is 6.92 Å². The van der Waals surface area contributed by atoms with Gasteiger partial charge in [0, 0.05) is 0 Å². The molecule has 1 aromatic rings. The fraction of sp³-hybridized carbons (Fsp3) is 0.100. The van der Waals surface area contributed by atoms with E-state index in [4.69, 9.17) is 11.6 Å². The van der Waals surface area contributed by atoms with E-state index in [1.165, 1.54) is 6.08 Å². The van der Waals surface area contributed by atoms with E-state index in [0.717, 1.165) is 5.56 Å². The van der Waals surface area contributed by atoms with E-state index >= 15 is 0 Å². The number of amides is 1. The molecule has 0 saturated heterocycles. The van der Waals surface area contributed by atoms with Crippen molar-refractivity contribution in [2.75, 3.05) is 5.32 Å². The predicted octanol–water partition coefficient (Wildman–Crippen LogP) is 2.77. The molecule has 13 heavy (non-hydrogen) atoms. The van der Waals surface area contributed by atoms with Gasteiger partial charge >= 0.3 is 0 Å². The summed E-state index contributed by atoms with van der Waals surface area (Å²) in [5.74, 6) is -0.254. The number of aryl methyl sites for hydroxylation is 1. The predicted molar refractivity (Wildman–Crippen MR) is 55.0 cm³/mol. The summed E-state index contributed by atoms with van der Waals surface area (Å²) in [6.07, 6.45) is 1.21. The number of rotatable bonds is 2. The Balaban J connectivity index is 2.99. The van der Waals surface area contributed by atoms with Crippen molar-refractivity contribution in [3.63, 3.8) is 0 Å². The highest BCUT2D eigenvalue weighted by molar-refractivity contribution is 6.34. The zero-order chi connectivity index (χ0) is 9.84. The summed E-state index contributed by atoms with van der Waals surface area (Å²) < 4.78 is 0. The number of hydrogen-bond acceptors (Lipinski definition) is 1. The first-order valence-corrected chi connectivity index (χ1v) is 4.21. The van der Waals surface area contributed by atoms with Crippen LogP contribution in [0.3, 0.4) is 0 Å². The lowest BCUT2D eigenvalue weighted by Gasteiger charge is -2.07. The van der Waals surface area contributed by atoms with E-state index in [9.17, 15) is 4.79 Å². The van der Waals surface area contributed by atoms with Gasteiger partial charge in [-0.2, -0.15) is 0 Å². The molecule has 1 N–H and O–H groups in total. The van der Waals surface area contributed by atoms with Gasteiger partial charge < -0.3 is 5.32 Å². The Kier molecular flexibility index (Phi) is 3.09. The normalized spacial score (nSPS) is 9.38. The smallest absolute Gasteiger partial charge is 0.247 e. The number of nitrogens with one attached hydrogen (secondary N) is 1. The highest BCUT2D eigenvalue weighted by Gasteiger charge is 2.04. The first-order valence-electron chi connectivity index (χ1n) is 3.83. The number of hydrogen-bond donors (Lipinski definition) is 1. The summed E-state index contributed by atoms with van der Waals surface area (Å²) in [6, 6.07) is 5.44. The maximum Gasteiger partial charge on any atom is 0.247 e. The molecule has 0 bridgehead atoms. The summed E-state index contributed by atoms with van der Waals surface area (Å²) in [4.78, 5) is 11.0. The Morgan fingerprint density at radius 3 is 2.85 bits per heavy atom. The van der Waals surface area contributed by atoms with Crippen molar-refractivity contribution in [3.8, 4) is 0 Å². The van der Waals surface area contributed by atoms with Gasteiger partial charge in [0.25, 0.3) is 0 Å². The molecule has 0 atom stereocenters. The average molecular weight is 196 g/mol. The van der Waals surface area contributed by atoms with Gasteiger partial charge in [0.1, 0.15) is 0 Å². The topological polar surface area (TPSA) is 29.1 Å². The van der Waals surface area contributed by atoms with Crippen molar-refractivity contribution in [1.82, 2.24) is 0 Å². The molecule has 0 spiro atoms. The highest BCUT2D eigenvalue weighted by Crippen LogP contribution is 2.24. The Hall–Kier alpha value is -1.28. The SMILES string of the molecule is C=CC(=O)Nc1c(C)cccc1Cl. The molecular formula is C10H10ClNO. The minimum Gasteiger partial charge on any atom is -0.321 e. The molecule has 0 saturated carbocycles. The van der Waals surface area contributed by atoms with Crippen molar-refractivity contribution in [3.05, 3.63) is 41.4 Å². The van der Waals surface area contributed by atoms with Gasteiger partial charge in [-0.05, 0) is 24.6 Å². The number of para-hydroxylation sites is 1. The van der Waals surface area contributed by atoms with Crippen molar-refractivity contribution >= 4 is 23.2 Å². The molecule has 68 valence electrons. The molecule has 0 heterocycles. The lowest BCUT2D eigenvalue weighted by Crippen LogP contribution is -2.08. The monoisotopic (exact) mass is 195 g/mol. The molecule has 2 nitrogen and oxygen atoms in total. The van der Waals surface area contributed by atoms with Crippen LogP contribution in [0.1, 0.15) is 5.56 Å². The van der Waals surface area contributed by atoms with Gasteiger partial charge in [0.2, 0.25) is 5.91 Å². The molecule has 0 aliphatic rings. The van der Waals surface area contributed by atoms with E-state index in [1.807, 2.05) is 19.1 Å². The molecule has 0 aromatic heterocycles. The van der Waals surface area contributed by atoms with E-state index in [1.54, 1.807) is 6.07 Å². The van der Waals surface area contributed by atoms with Crippen LogP contribution in [0.2, 0.25) is 5.02 Å². The molecule has 0 fully saturated rings. The first kappa shape index (κ1) is 9.81.